The lowest BCUT2D eigenvalue weighted by Gasteiger charge is -1.96. The van der Waals surface area contributed by atoms with E-state index in [9.17, 15) is 0 Å². The summed E-state index contributed by atoms with van der Waals surface area (Å²) in [5, 5.41) is 16.4. The first-order valence-electron chi connectivity index (χ1n) is 2.67. The standard InChI is InChI=1S/C6H7ClN2/c7-4-6(5-9)2-1-3-8/h6H,1-2,4H2. The van der Waals surface area contributed by atoms with Gasteiger partial charge in [0.15, 0.2) is 0 Å². The van der Waals surface area contributed by atoms with Gasteiger partial charge in [0.25, 0.3) is 0 Å². The first-order valence-corrected chi connectivity index (χ1v) is 3.21. The Morgan fingerprint density at radius 3 is 2.44 bits per heavy atom. The average Bonchev–Trinajstić information content (AvgIpc) is 1.91. The zero-order chi connectivity index (χ0) is 7.11. The molecule has 9 heavy (non-hydrogen) atoms. The van der Waals surface area contributed by atoms with Crippen LogP contribution in [0, 0.1) is 28.6 Å². The first kappa shape index (κ1) is 8.27. The quantitative estimate of drug-likeness (QED) is 0.563. The molecule has 0 amide bonds. The predicted octanol–water partition coefficient (Wildman–Crippen LogP) is 1.67. The van der Waals surface area contributed by atoms with Gasteiger partial charge in [0.1, 0.15) is 0 Å². The van der Waals surface area contributed by atoms with E-state index in [0.717, 1.165) is 0 Å². The second-order valence-electron chi connectivity index (χ2n) is 1.68. The van der Waals surface area contributed by atoms with Gasteiger partial charge in [-0.15, -0.1) is 11.6 Å². The molecule has 1 unspecified atom stereocenters. The van der Waals surface area contributed by atoms with E-state index in [-0.39, 0.29) is 5.92 Å². The van der Waals surface area contributed by atoms with E-state index in [1.165, 1.54) is 0 Å². The maximum Gasteiger partial charge on any atom is 0.0668 e. The summed E-state index contributed by atoms with van der Waals surface area (Å²) in [5.41, 5.74) is 0. The van der Waals surface area contributed by atoms with E-state index in [0.29, 0.717) is 18.7 Å². The second kappa shape index (κ2) is 5.41. The van der Waals surface area contributed by atoms with Crippen molar-refractivity contribution in [1.29, 1.82) is 10.5 Å². The summed E-state index contributed by atoms with van der Waals surface area (Å²) in [5.74, 6) is 0.185. The van der Waals surface area contributed by atoms with Gasteiger partial charge in [-0.3, -0.25) is 0 Å². The molecule has 3 heteroatoms. The van der Waals surface area contributed by atoms with Crippen LogP contribution in [-0.4, -0.2) is 5.88 Å². The van der Waals surface area contributed by atoms with Crippen LogP contribution in [0.5, 0.6) is 0 Å². The van der Waals surface area contributed by atoms with E-state index in [1.807, 2.05) is 12.1 Å². The van der Waals surface area contributed by atoms with E-state index in [2.05, 4.69) is 0 Å². The van der Waals surface area contributed by atoms with Gasteiger partial charge in [0, 0.05) is 12.3 Å². The second-order valence-corrected chi connectivity index (χ2v) is 1.99. The van der Waals surface area contributed by atoms with Crippen LogP contribution >= 0.6 is 11.6 Å². The molecule has 0 radical (unpaired) electrons. The Morgan fingerprint density at radius 2 is 2.11 bits per heavy atom. The molecular formula is C6H7ClN2. The van der Waals surface area contributed by atoms with Crippen molar-refractivity contribution in [3.63, 3.8) is 0 Å². The van der Waals surface area contributed by atoms with Crippen molar-refractivity contribution in [3.8, 4) is 12.1 Å². The highest BCUT2D eigenvalue weighted by atomic mass is 35.5. The third kappa shape index (κ3) is 3.82. The normalized spacial score (nSPS) is 11.4. The molecule has 0 aromatic heterocycles. The molecule has 0 spiro atoms. The molecule has 0 aliphatic carbocycles. The molecule has 0 aromatic carbocycles. The van der Waals surface area contributed by atoms with E-state index in [4.69, 9.17) is 22.1 Å². The molecule has 2 nitrogen and oxygen atoms in total. The van der Waals surface area contributed by atoms with Crippen LogP contribution in [0.3, 0.4) is 0 Å². The third-order valence-corrected chi connectivity index (χ3v) is 1.35. The first-order chi connectivity index (χ1) is 4.35. The van der Waals surface area contributed by atoms with E-state index in [1.54, 1.807) is 0 Å². The number of alkyl halides is 1. The molecule has 0 bridgehead atoms. The van der Waals surface area contributed by atoms with Crippen LogP contribution in [0.1, 0.15) is 12.8 Å². The van der Waals surface area contributed by atoms with Gasteiger partial charge >= 0.3 is 0 Å². The van der Waals surface area contributed by atoms with Crippen LogP contribution in [0.2, 0.25) is 0 Å². The highest BCUT2D eigenvalue weighted by molar-refractivity contribution is 6.18. The van der Waals surface area contributed by atoms with Gasteiger partial charge in [-0.05, 0) is 6.42 Å². The summed E-state index contributed by atoms with van der Waals surface area (Å²) in [6, 6.07) is 3.96. The van der Waals surface area contributed by atoms with Crippen molar-refractivity contribution in [2.24, 2.45) is 5.92 Å². The maximum atomic E-state index is 8.31. The molecule has 0 saturated carbocycles. The van der Waals surface area contributed by atoms with Crippen LogP contribution < -0.4 is 0 Å². The fourth-order valence-electron chi connectivity index (χ4n) is 0.415. The van der Waals surface area contributed by atoms with Crippen molar-refractivity contribution in [3.05, 3.63) is 0 Å². The summed E-state index contributed by atoms with van der Waals surface area (Å²) in [4.78, 5) is 0. The minimum absolute atomic E-state index is 0.147. The number of hydrogen-bond acceptors (Lipinski definition) is 2. The number of nitrogens with zero attached hydrogens (tertiary/aromatic N) is 2. The molecule has 0 rings (SSSR count). The zero-order valence-corrected chi connectivity index (χ0v) is 5.73. The van der Waals surface area contributed by atoms with Crippen molar-refractivity contribution in [2.45, 2.75) is 12.8 Å². The summed E-state index contributed by atoms with van der Waals surface area (Å²) in [7, 11) is 0. The van der Waals surface area contributed by atoms with Crippen LogP contribution in [0.15, 0.2) is 0 Å². The molecule has 0 heterocycles. The van der Waals surface area contributed by atoms with Gasteiger partial charge in [0.05, 0.1) is 18.1 Å². The Morgan fingerprint density at radius 1 is 1.44 bits per heavy atom. The zero-order valence-electron chi connectivity index (χ0n) is 4.97. The topological polar surface area (TPSA) is 47.6 Å². The largest absolute Gasteiger partial charge is 0.198 e. The Kier molecular flexibility index (Phi) is 4.97. The summed E-state index contributed by atoms with van der Waals surface area (Å²) < 4.78 is 0. The van der Waals surface area contributed by atoms with Crippen LogP contribution in [0.4, 0.5) is 0 Å². The van der Waals surface area contributed by atoms with Crippen molar-refractivity contribution in [2.75, 3.05) is 5.88 Å². The van der Waals surface area contributed by atoms with Crippen molar-refractivity contribution >= 4 is 11.6 Å². The summed E-state index contributed by atoms with van der Waals surface area (Å²) in [6.45, 7) is 0. The number of rotatable bonds is 3. The Balaban J connectivity index is 3.37. The van der Waals surface area contributed by atoms with Crippen LogP contribution in [0.25, 0.3) is 0 Å². The fraction of sp³-hybridized carbons (Fsp3) is 0.667. The molecule has 48 valence electrons. The molecule has 0 N–H and O–H groups in total. The molecule has 0 aliphatic rings. The molecule has 1 atom stereocenters. The Labute approximate surface area is 59.7 Å². The van der Waals surface area contributed by atoms with Gasteiger partial charge in [-0.25, -0.2) is 0 Å². The molecule has 0 aliphatic heterocycles. The van der Waals surface area contributed by atoms with Crippen molar-refractivity contribution in [1.82, 2.24) is 0 Å². The number of halogens is 1. The summed E-state index contributed by atoms with van der Waals surface area (Å²) >= 11 is 5.37. The Bertz CT molecular complexity index is 142. The molecular weight excluding hydrogens is 136 g/mol. The van der Waals surface area contributed by atoms with Gasteiger partial charge < -0.3 is 0 Å². The SMILES string of the molecule is N#CCCC(C#N)CCl. The highest BCUT2D eigenvalue weighted by Crippen LogP contribution is 2.05. The summed E-state index contributed by atoms with van der Waals surface area (Å²) in [6.07, 6.45) is 1.02. The lowest BCUT2D eigenvalue weighted by molar-refractivity contribution is 0.682. The molecule has 0 saturated heterocycles. The highest BCUT2D eigenvalue weighted by Gasteiger charge is 2.02. The van der Waals surface area contributed by atoms with Gasteiger partial charge in [-0.2, -0.15) is 10.5 Å². The van der Waals surface area contributed by atoms with Gasteiger partial charge in [0.2, 0.25) is 0 Å². The predicted molar refractivity (Wildman–Crippen MR) is 34.7 cm³/mol. The monoisotopic (exact) mass is 142 g/mol. The average molecular weight is 143 g/mol. The third-order valence-electron chi connectivity index (χ3n) is 0.973. The minimum Gasteiger partial charge on any atom is -0.198 e. The lowest BCUT2D eigenvalue weighted by Crippen LogP contribution is -1.96. The van der Waals surface area contributed by atoms with E-state index < -0.39 is 0 Å². The van der Waals surface area contributed by atoms with E-state index >= 15 is 0 Å². The minimum atomic E-state index is -0.147. The molecule has 0 fully saturated rings. The van der Waals surface area contributed by atoms with Gasteiger partial charge in [-0.1, -0.05) is 0 Å². The fourth-order valence-corrected chi connectivity index (χ4v) is 0.638. The Hall–Kier alpha value is -0.730. The van der Waals surface area contributed by atoms with Crippen LogP contribution in [-0.2, 0) is 0 Å². The lowest BCUT2D eigenvalue weighted by atomic mass is 10.1. The molecule has 0 aromatic rings. The van der Waals surface area contributed by atoms with Crippen molar-refractivity contribution < 1.29 is 0 Å². The number of nitriles is 2. The number of hydrogen-bond donors (Lipinski definition) is 0. The maximum absolute atomic E-state index is 8.31. The smallest absolute Gasteiger partial charge is 0.0668 e.